The Balaban J connectivity index is 2.50. The summed E-state index contributed by atoms with van der Waals surface area (Å²) in [7, 11) is 0. The molecule has 0 aliphatic rings. The van der Waals surface area contributed by atoms with E-state index >= 15 is 0 Å². The van der Waals surface area contributed by atoms with Crippen molar-refractivity contribution in [2.75, 3.05) is 19.8 Å². The molecule has 94 valence electrons. The molecule has 0 aliphatic heterocycles. The predicted molar refractivity (Wildman–Crippen MR) is 71.5 cm³/mol. The van der Waals surface area contributed by atoms with Crippen LogP contribution >= 0.6 is 12.2 Å². The van der Waals surface area contributed by atoms with Gasteiger partial charge < -0.3 is 15.2 Å². The fraction of sp³-hybridized carbons (Fsp3) is 0.500. The summed E-state index contributed by atoms with van der Waals surface area (Å²) in [5.41, 5.74) is 7.18. The molecule has 0 spiro atoms. The molecular formula is C12H18N2O2S. The Morgan fingerprint density at radius 2 is 2.12 bits per heavy atom. The van der Waals surface area contributed by atoms with Gasteiger partial charge in [0, 0.05) is 23.9 Å². The Morgan fingerprint density at radius 1 is 1.35 bits per heavy atom. The highest BCUT2D eigenvalue weighted by Gasteiger charge is 2.03. The second kappa shape index (κ2) is 7.19. The maximum Gasteiger partial charge on any atom is 0.214 e. The van der Waals surface area contributed by atoms with Crippen molar-refractivity contribution in [3.05, 3.63) is 23.4 Å². The van der Waals surface area contributed by atoms with Crippen molar-refractivity contribution in [1.29, 1.82) is 0 Å². The highest BCUT2D eigenvalue weighted by atomic mass is 32.1. The van der Waals surface area contributed by atoms with E-state index in [4.69, 9.17) is 27.4 Å². The van der Waals surface area contributed by atoms with E-state index in [1.165, 1.54) is 0 Å². The lowest BCUT2D eigenvalue weighted by atomic mass is 10.2. The molecule has 0 bridgehead atoms. The molecule has 5 heteroatoms. The van der Waals surface area contributed by atoms with E-state index in [-0.39, 0.29) is 0 Å². The van der Waals surface area contributed by atoms with Gasteiger partial charge in [0.15, 0.2) is 0 Å². The van der Waals surface area contributed by atoms with Crippen molar-refractivity contribution < 1.29 is 9.47 Å². The number of ether oxygens (including phenoxy) is 2. The molecule has 0 aromatic carbocycles. The number of hydrogen-bond acceptors (Lipinski definition) is 4. The van der Waals surface area contributed by atoms with E-state index in [0.29, 0.717) is 24.1 Å². The lowest BCUT2D eigenvalue weighted by Crippen LogP contribution is -2.12. The Hall–Kier alpha value is -1.20. The van der Waals surface area contributed by atoms with Crippen molar-refractivity contribution in [2.45, 2.75) is 20.3 Å². The molecule has 0 atom stereocenters. The zero-order chi connectivity index (χ0) is 12.7. The first-order valence-corrected chi connectivity index (χ1v) is 6.03. The van der Waals surface area contributed by atoms with Crippen molar-refractivity contribution in [2.24, 2.45) is 5.73 Å². The summed E-state index contributed by atoms with van der Waals surface area (Å²) < 4.78 is 10.8. The van der Waals surface area contributed by atoms with Crippen LogP contribution in [0.15, 0.2) is 12.1 Å². The minimum atomic E-state index is 0.350. The standard InChI is InChI=1S/C12H18N2O2S/c1-3-4-15-5-6-16-11-8-10(12(13)17)7-9(2)14-11/h7-8H,3-6H2,1-2H3,(H2,13,17). The molecule has 1 rings (SSSR count). The van der Waals surface area contributed by atoms with Gasteiger partial charge in [-0.15, -0.1) is 0 Å². The van der Waals surface area contributed by atoms with Crippen molar-refractivity contribution in [3.8, 4) is 5.88 Å². The molecule has 4 nitrogen and oxygen atoms in total. The van der Waals surface area contributed by atoms with E-state index in [9.17, 15) is 0 Å². The molecular weight excluding hydrogens is 236 g/mol. The maximum absolute atomic E-state index is 5.57. The van der Waals surface area contributed by atoms with Crippen molar-refractivity contribution in [3.63, 3.8) is 0 Å². The van der Waals surface area contributed by atoms with Crippen LogP contribution in [0.2, 0.25) is 0 Å². The summed E-state index contributed by atoms with van der Waals surface area (Å²) in [5, 5.41) is 0. The van der Waals surface area contributed by atoms with E-state index in [0.717, 1.165) is 24.3 Å². The van der Waals surface area contributed by atoms with Crippen LogP contribution in [0.5, 0.6) is 5.88 Å². The van der Waals surface area contributed by atoms with Gasteiger partial charge in [-0.1, -0.05) is 19.1 Å². The van der Waals surface area contributed by atoms with Gasteiger partial charge in [-0.2, -0.15) is 0 Å². The number of pyridine rings is 1. The van der Waals surface area contributed by atoms with Gasteiger partial charge in [0.1, 0.15) is 11.6 Å². The fourth-order valence-corrected chi connectivity index (χ4v) is 1.42. The zero-order valence-electron chi connectivity index (χ0n) is 10.2. The summed E-state index contributed by atoms with van der Waals surface area (Å²) in [4.78, 5) is 4.59. The molecule has 0 unspecified atom stereocenters. The monoisotopic (exact) mass is 254 g/mol. The second-order valence-electron chi connectivity index (χ2n) is 3.66. The first kappa shape index (κ1) is 13.9. The van der Waals surface area contributed by atoms with Gasteiger partial charge in [-0.3, -0.25) is 0 Å². The largest absolute Gasteiger partial charge is 0.475 e. The summed E-state index contributed by atoms with van der Waals surface area (Å²) in [6, 6.07) is 3.58. The van der Waals surface area contributed by atoms with Crippen molar-refractivity contribution >= 4 is 17.2 Å². The molecule has 1 aromatic heterocycles. The number of aromatic nitrogens is 1. The minimum absolute atomic E-state index is 0.350. The molecule has 0 saturated heterocycles. The fourth-order valence-electron chi connectivity index (χ4n) is 1.31. The predicted octanol–water partition coefficient (Wildman–Crippen LogP) is 1.83. The van der Waals surface area contributed by atoms with Crippen LogP contribution in [-0.2, 0) is 4.74 Å². The average molecular weight is 254 g/mol. The first-order chi connectivity index (χ1) is 8.13. The van der Waals surface area contributed by atoms with E-state index in [1.807, 2.05) is 13.0 Å². The third-order valence-corrected chi connectivity index (χ3v) is 2.28. The number of hydrogen-bond donors (Lipinski definition) is 1. The van der Waals surface area contributed by atoms with E-state index < -0.39 is 0 Å². The molecule has 0 fully saturated rings. The number of nitrogens with two attached hydrogens (primary N) is 1. The normalized spacial score (nSPS) is 10.2. The Morgan fingerprint density at radius 3 is 2.76 bits per heavy atom. The van der Waals surface area contributed by atoms with Gasteiger partial charge in [-0.25, -0.2) is 4.98 Å². The molecule has 0 aliphatic carbocycles. The molecule has 0 radical (unpaired) electrons. The molecule has 1 aromatic rings. The molecule has 2 N–H and O–H groups in total. The number of aryl methyl sites for hydroxylation is 1. The zero-order valence-corrected chi connectivity index (χ0v) is 11.0. The smallest absolute Gasteiger partial charge is 0.214 e. The van der Waals surface area contributed by atoms with Crippen LogP contribution in [0.25, 0.3) is 0 Å². The van der Waals surface area contributed by atoms with Crippen LogP contribution < -0.4 is 10.5 Å². The van der Waals surface area contributed by atoms with Crippen LogP contribution in [0.1, 0.15) is 24.6 Å². The van der Waals surface area contributed by atoms with Crippen LogP contribution in [0, 0.1) is 6.92 Å². The highest BCUT2D eigenvalue weighted by molar-refractivity contribution is 7.80. The van der Waals surface area contributed by atoms with Crippen LogP contribution in [0.3, 0.4) is 0 Å². The SMILES string of the molecule is CCCOCCOc1cc(C(N)=S)cc(C)n1. The van der Waals surface area contributed by atoms with Crippen LogP contribution in [0.4, 0.5) is 0 Å². The van der Waals surface area contributed by atoms with Gasteiger partial charge >= 0.3 is 0 Å². The van der Waals surface area contributed by atoms with Crippen molar-refractivity contribution in [1.82, 2.24) is 4.98 Å². The van der Waals surface area contributed by atoms with Gasteiger partial charge in [-0.05, 0) is 19.4 Å². The minimum Gasteiger partial charge on any atom is -0.475 e. The Labute approximate surface area is 107 Å². The summed E-state index contributed by atoms with van der Waals surface area (Å²) in [5.74, 6) is 0.535. The maximum atomic E-state index is 5.57. The molecule has 1 heterocycles. The third kappa shape index (κ3) is 5.10. The first-order valence-electron chi connectivity index (χ1n) is 5.62. The molecule has 0 amide bonds. The molecule has 0 saturated carbocycles. The Kier molecular flexibility index (Phi) is 5.86. The lowest BCUT2D eigenvalue weighted by Gasteiger charge is -2.08. The topological polar surface area (TPSA) is 57.4 Å². The van der Waals surface area contributed by atoms with Gasteiger partial charge in [0.2, 0.25) is 5.88 Å². The van der Waals surface area contributed by atoms with Crippen LogP contribution in [-0.4, -0.2) is 29.8 Å². The second-order valence-corrected chi connectivity index (χ2v) is 4.10. The van der Waals surface area contributed by atoms with Gasteiger partial charge in [0.25, 0.3) is 0 Å². The highest BCUT2D eigenvalue weighted by Crippen LogP contribution is 2.12. The number of rotatable bonds is 7. The quantitative estimate of drug-likeness (QED) is 0.594. The molecule has 17 heavy (non-hydrogen) atoms. The number of thiocarbonyl (C=S) groups is 1. The lowest BCUT2D eigenvalue weighted by molar-refractivity contribution is 0.0989. The van der Waals surface area contributed by atoms with E-state index in [2.05, 4.69) is 11.9 Å². The summed E-state index contributed by atoms with van der Waals surface area (Å²) in [6.45, 7) is 5.74. The third-order valence-electron chi connectivity index (χ3n) is 2.04. The average Bonchev–Trinajstić information content (AvgIpc) is 2.28. The summed E-state index contributed by atoms with van der Waals surface area (Å²) in [6.07, 6.45) is 1.01. The number of nitrogens with zero attached hydrogens (tertiary/aromatic N) is 1. The van der Waals surface area contributed by atoms with E-state index in [1.54, 1.807) is 6.07 Å². The summed E-state index contributed by atoms with van der Waals surface area (Å²) >= 11 is 4.92. The Bertz CT molecular complexity index is 383. The van der Waals surface area contributed by atoms with Gasteiger partial charge in [0.05, 0.1) is 6.61 Å².